The highest BCUT2D eigenvalue weighted by molar-refractivity contribution is 5.22. The van der Waals surface area contributed by atoms with Gasteiger partial charge in [0, 0.05) is 37.2 Å². The van der Waals surface area contributed by atoms with E-state index in [1.54, 1.807) is 12.5 Å². The Balaban J connectivity index is -0.000000251. The van der Waals surface area contributed by atoms with Gasteiger partial charge in [0.15, 0.2) is 0 Å². The molecule has 4 heteroatoms. The molecule has 0 bridgehead atoms. The van der Waals surface area contributed by atoms with Crippen molar-refractivity contribution in [2.45, 2.75) is 160 Å². The van der Waals surface area contributed by atoms with Gasteiger partial charge in [0.05, 0.1) is 0 Å². The van der Waals surface area contributed by atoms with Gasteiger partial charge < -0.3 is 0 Å². The van der Waals surface area contributed by atoms with Crippen molar-refractivity contribution in [3.8, 4) is 0 Å². The smallest absolute Gasteiger partial charge is 0.115 e. The molecule has 0 atom stereocenters. The monoisotopic (exact) mass is 661 g/mol. The quantitative estimate of drug-likeness (QED) is 0.188. The molecule has 4 aromatic rings. The van der Waals surface area contributed by atoms with Crippen molar-refractivity contribution in [2.24, 2.45) is 0 Å². The molecule has 0 fully saturated rings. The van der Waals surface area contributed by atoms with Gasteiger partial charge in [0.2, 0.25) is 0 Å². The summed E-state index contributed by atoms with van der Waals surface area (Å²) in [4.78, 5) is 15.9. The number of aromatic nitrogens is 4. The normalized spacial score (nSPS) is 10.1. The maximum absolute atomic E-state index is 4.05. The van der Waals surface area contributed by atoms with Crippen LogP contribution in [-0.4, -0.2) is 19.9 Å². The van der Waals surface area contributed by atoms with Gasteiger partial charge in [-0.2, -0.15) is 0 Å². The van der Waals surface area contributed by atoms with E-state index in [9.17, 15) is 0 Å². The Bertz CT molecular complexity index is 982. The summed E-state index contributed by atoms with van der Waals surface area (Å²) in [6.45, 7) is 42.3. The largest absolute Gasteiger partial charge is 0.265 e. The van der Waals surface area contributed by atoms with Crippen LogP contribution in [0, 0.1) is 0 Å². The fraction of sp³-hybridized carbons (Fsp3) is 0.545. The molecule has 0 aliphatic carbocycles. The van der Waals surface area contributed by atoms with Gasteiger partial charge in [-0.3, -0.25) is 9.97 Å². The van der Waals surface area contributed by atoms with Crippen LogP contribution in [0.25, 0.3) is 0 Å². The summed E-state index contributed by atoms with van der Waals surface area (Å²) in [6, 6.07) is 18.7. The lowest BCUT2D eigenvalue weighted by Crippen LogP contribution is -2.11. The molecular weight excluding hydrogens is 585 g/mol. The van der Waals surface area contributed by atoms with Crippen molar-refractivity contribution in [1.29, 1.82) is 0 Å². The number of rotatable bonds is 0. The summed E-state index contributed by atoms with van der Waals surface area (Å²) >= 11 is 0. The Labute approximate surface area is 299 Å². The first-order valence-corrected chi connectivity index (χ1v) is 18.0. The number of benzene rings is 1. The van der Waals surface area contributed by atoms with Crippen molar-refractivity contribution in [2.75, 3.05) is 0 Å². The van der Waals surface area contributed by atoms with E-state index in [0.29, 0.717) is 5.41 Å². The maximum Gasteiger partial charge on any atom is 0.115 e. The fourth-order valence-electron chi connectivity index (χ4n) is 3.28. The molecule has 4 rings (SSSR count). The second-order valence-corrected chi connectivity index (χ2v) is 14.0. The summed E-state index contributed by atoms with van der Waals surface area (Å²) < 4.78 is 0. The molecule has 0 spiro atoms. The van der Waals surface area contributed by atoms with Crippen molar-refractivity contribution in [1.82, 2.24) is 19.9 Å². The average Bonchev–Trinajstić information content (AvgIpc) is 3.09. The summed E-state index contributed by atoms with van der Waals surface area (Å²) in [5.41, 5.74) is 6.14. The SMILES string of the molecule is CC.CC.CC.CC.CC(C)(C)c1ccccc1.CC(C)(C)c1cccnc1.CC(C)(C)c1ccncc1.CC(C)(C)c1cncnc1. The van der Waals surface area contributed by atoms with Crippen LogP contribution in [0.15, 0.2) is 98.1 Å². The number of nitrogens with zero attached hydrogens (tertiary/aromatic N) is 4. The Hall–Kier alpha value is -3.40. The number of hydrogen-bond donors (Lipinski definition) is 0. The van der Waals surface area contributed by atoms with Gasteiger partial charge in [0.1, 0.15) is 6.33 Å². The molecule has 0 N–H and O–H groups in total. The zero-order valence-electron chi connectivity index (χ0n) is 35.0. The molecular formula is C44H76N4. The highest BCUT2D eigenvalue weighted by atomic mass is 14.8. The van der Waals surface area contributed by atoms with Crippen LogP contribution < -0.4 is 0 Å². The van der Waals surface area contributed by atoms with Crippen molar-refractivity contribution < 1.29 is 0 Å². The van der Waals surface area contributed by atoms with E-state index < -0.39 is 0 Å². The summed E-state index contributed by atoms with van der Waals surface area (Å²) in [5, 5.41) is 0. The Morgan fingerprint density at radius 3 is 0.896 bits per heavy atom. The Morgan fingerprint density at radius 1 is 0.312 bits per heavy atom. The minimum atomic E-state index is 0.168. The lowest BCUT2D eigenvalue weighted by molar-refractivity contribution is 0.584. The third kappa shape index (κ3) is 26.6. The first-order chi connectivity index (χ1) is 22.4. The summed E-state index contributed by atoms with van der Waals surface area (Å²) in [7, 11) is 0. The van der Waals surface area contributed by atoms with E-state index in [-0.39, 0.29) is 16.2 Å². The van der Waals surface area contributed by atoms with E-state index in [1.165, 1.54) is 22.3 Å². The summed E-state index contributed by atoms with van der Waals surface area (Å²) in [5.74, 6) is 0. The van der Waals surface area contributed by atoms with E-state index in [2.05, 4.69) is 152 Å². The minimum absolute atomic E-state index is 0.168. The third-order valence-corrected chi connectivity index (χ3v) is 6.14. The molecule has 0 saturated carbocycles. The molecule has 3 heterocycles. The molecule has 272 valence electrons. The molecule has 0 unspecified atom stereocenters. The predicted octanol–water partition coefficient (Wildman–Crippen LogP) is 13.6. The van der Waals surface area contributed by atoms with Gasteiger partial charge in [-0.25, -0.2) is 9.97 Å². The number of hydrogen-bond acceptors (Lipinski definition) is 4. The molecule has 0 amide bonds. The zero-order valence-corrected chi connectivity index (χ0v) is 35.0. The molecule has 4 nitrogen and oxygen atoms in total. The predicted molar refractivity (Wildman–Crippen MR) is 217 cm³/mol. The van der Waals surface area contributed by atoms with E-state index in [1.807, 2.05) is 92.4 Å². The van der Waals surface area contributed by atoms with Crippen LogP contribution >= 0.6 is 0 Å². The Morgan fingerprint density at radius 2 is 0.646 bits per heavy atom. The van der Waals surface area contributed by atoms with Crippen LogP contribution in [0.2, 0.25) is 0 Å². The van der Waals surface area contributed by atoms with Crippen LogP contribution in [0.4, 0.5) is 0 Å². The topological polar surface area (TPSA) is 51.6 Å². The maximum atomic E-state index is 4.05. The molecule has 0 aliphatic rings. The second-order valence-electron chi connectivity index (χ2n) is 14.0. The molecule has 0 aliphatic heterocycles. The first kappa shape index (κ1) is 51.4. The minimum Gasteiger partial charge on any atom is -0.265 e. The zero-order chi connectivity index (χ0) is 38.5. The third-order valence-electron chi connectivity index (χ3n) is 6.14. The average molecular weight is 661 g/mol. The van der Waals surface area contributed by atoms with Gasteiger partial charge >= 0.3 is 0 Å². The van der Waals surface area contributed by atoms with Crippen LogP contribution in [0.3, 0.4) is 0 Å². The standard InChI is InChI=1S/C10H14.2C9H13N.C8H12N2.4C2H6/c1-10(2,3)9-7-5-4-6-8-9;1-9(2,3)8-4-6-10-7-5-8;1-9(2,3)8-5-4-6-10-7-8;1-8(2,3)7-4-9-6-10-5-7;4*1-2/h4-8H,1-3H3;2*4-7H,1-3H3;4-6H,1-3H3;4*1-2H3. The molecule has 0 radical (unpaired) electrons. The highest BCUT2D eigenvalue weighted by Crippen LogP contribution is 2.22. The highest BCUT2D eigenvalue weighted by Gasteiger charge is 2.14. The van der Waals surface area contributed by atoms with Gasteiger partial charge in [0.25, 0.3) is 0 Å². The fourth-order valence-corrected chi connectivity index (χ4v) is 3.28. The van der Waals surface area contributed by atoms with E-state index >= 15 is 0 Å². The molecule has 48 heavy (non-hydrogen) atoms. The van der Waals surface area contributed by atoms with Crippen LogP contribution in [-0.2, 0) is 21.7 Å². The molecule has 1 aromatic carbocycles. The van der Waals surface area contributed by atoms with E-state index in [4.69, 9.17) is 0 Å². The van der Waals surface area contributed by atoms with Crippen LogP contribution in [0.5, 0.6) is 0 Å². The van der Waals surface area contributed by atoms with Crippen molar-refractivity contribution in [3.63, 3.8) is 0 Å². The van der Waals surface area contributed by atoms with Crippen LogP contribution in [0.1, 0.15) is 161 Å². The van der Waals surface area contributed by atoms with Gasteiger partial charge in [-0.05, 0) is 62.1 Å². The van der Waals surface area contributed by atoms with Gasteiger partial charge in [-0.15, -0.1) is 0 Å². The van der Waals surface area contributed by atoms with Gasteiger partial charge in [-0.1, -0.05) is 175 Å². The van der Waals surface area contributed by atoms with Crippen molar-refractivity contribution in [3.05, 3.63) is 120 Å². The summed E-state index contributed by atoms with van der Waals surface area (Å²) in [6.07, 6.45) is 12.6. The lowest BCUT2D eigenvalue weighted by Gasteiger charge is -2.18. The van der Waals surface area contributed by atoms with Crippen molar-refractivity contribution >= 4 is 0 Å². The first-order valence-electron chi connectivity index (χ1n) is 18.0. The second kappa shape index (κ2) is 28.6. The molecule has 3 aromatic heterocycles. The van der Waals surface area contributed by atoms with E-state index in [0.717, 1.165) is 0 Å². The Kier molecular flexibility index (Phi) is 30.6. The molecule has 0 saturated heterocycles. The number of pyridine rings is 2. The lowest BCUT2D eigenvalue weighted by atomic mass is 9.87.